The quantitative estimate of drug-likeness (QED) is 0.803. The molecule has 1 heterocycles. The molecule has 13 heavy (non-hydrogen) atoms. The molecule has 1 aromatic carbocycles. The van der Waals surface area contributed by atoms with Crippen LogP contribution in [0.3, 0.4) is 0 Å². The second kappa shape index (κ2) is 3.94. The van der Waals surface area contributed by atoms with Crippen molar-refractivity contribution in [3.8, 4) is 0 Å². The van der Waals surface area contributed by atoms with Gasteiger partial charge in [-0.1, -0.05) is 12.1 Å². The normalized spacial score (nSPS) is 27.8. The van der Waals surface area contributed by atoms with Crippen molar-refractivity contribution in [2.45, 2.75) is 18.6 Å². The van der Waals surface area contributed by atoms with Crippen LogP contribution in [0.4, 0.5) is 0 Å². The minimum atomic E-state index is 0.108. The molecule has 1 aliphatic heterocycles. The van der Waals surface area contributed by atoms with Gasteiger partial charge in [-0.3, -0.25) is 0 Å². The lowest BCUT2D eigenvalue weighted by Crippen LogP contribution is -2.23. The van der Waals surface area contributed by atoms with Crippen molar-refractivity contribution in [2.75, 3.05) is 6.61 Å². The Morgan fingerprint density at radius 1 is 1.31 bits per heavy atom. The largest absolute Gasteiger partial charge is 0.372 e. The number of nitrogens with two attached hydrogens (primary N) is 1. The van der Waals surface area contributed by atoms with E-state index in [-0.39, 0.29) is 12.1 Å². The first-order valence-corrected chi connectivity index (χ1v) is 5.48. The Hall–Kier alpha value is -0.130. The molecular formula is C10H12INO. The summed E-state index contributed by atoms with van der Waals surface area (Å²) >= 11 is 2.29. The summed E-state index contributed by atoms with van der Waals surface area (Å²) in [5, 5.41) is 0. The number of halogens is 1. The lowest BCUT2D eigenvalue weighted by atomic mass is 10.0. The summed E-state index contributed by atoms with van der Waals surface area (Å²) in [5.74, 6) is 0. The fourth-order valence-corrected chi connectivity index (χ4v) is 1.96. The summed E-state index contributed by atoms with van der Waals surface area (Å²) in [7, 11) is 0. The van der Waals surface area contributed by atoms with Crippen molar-refractivity contribution < 1.29 is 4.74 Å². The fraction of sp³-hybridized carbons (Fsp3) is 0.400. The highest BCUT2D eigenvalue weighted by Gasteiger charge is 2.25. The molecule has 2 unspecified atom stereocenters. The van der Waals surface area contributed by atoms with Gasteiger partial charge >= 0.3 is 0 Å². The molecule has 0 aliphatic carbocycles. The second-order valence-electron chi connectivity index (χ2n) is 3.30. The maximum absolute atomic E-state index is 5.92. The van der Waals surface area contributed by atoms with Gasteiger partial charge in [-0.15, -0.1) is 0 Å². The van der Waals surface area contributed by atoms with E-state index < -0.39 is 0 Å². The van der Waals surface area contributed by atoms with Crippen LogP contribution in [0.5, 0.6) is 0 Å². The van der Waals surface area contributed by atoms with E-state index in [4.69, 9.17) is 10.5 Å². The van der Waals surface area contributed by atoms with Gasteiger partial charge in [0, 0.05) is 16.2 Å². The third-order valence-electron chi connectivity index (χ3n) is 2.34. The summed E-state index contributed by atoms with van der Waals surface area (Å²) in [5.41, 5.74) is 7.12. The molecule has 0 aromatic heterocycles. The molecule has 0 bridgehead atoms. The molecule has 2 atom stereocenters. The van der Waals surface area contributed by atoms with Gasteiger partial charge in [0.25, 0.3) is 0 Å². The van der Waals surface area contributed by atoms with Crippen LogP contribution in [0.25, 0.3) is 0 Å². The molecule has 1 aromatic rings. The van der Waals surface area contributed by atoms with Gasteiger partial charge in [-0.2, -0.15) is 0 Å². The monoisotopic (exact) mass is 289 g/mol. The van der Waals surface area contributed by atoms with Crippen LogP contribution in [0.1, 0.15) is 18.1 Å². The summed E-state index contributed by atoms with van der Waals surface area (Å²) in [6.07, 6.45) is 1.08. The summed E-state index contributed by atoms with van der Waals surface area (Å²) in [6.45, 7) is 0.790. The number of benzene rings is 1. The zero-order chi connectivity index (χ0) is 9.26. The zero-order valence-electron chi connectivity index (χ0n) is 7.24. The van der Waals surface area contributed by atoms with Gasteiger partial charge in [-0.25, -0.2) is 0 Å². The minimum Gasteiger partial charge on any atom is -0.372 e. The molecule has 0 spiro atoms. The zero-order valence-corrected chi connectivity index (χ0v) is 9.40. The van der Waals surface area contributed by atoms with Crippen LogP contribution in [-0.4, -0.2) is 12.6 Å². The van der Waals surface area contributed by atoms with Crippen LogP contribution in [0.2, 0.25) is 0 Å². The Balaban J connectivity index is 2.20. The number of hydrogen-bond acceptors (Lipinski definition) is 2. The van der Waals surface area contributed by atoms with Gasteiger partial charge in [-0.05, 0) is 46.7 Å². The van der Waals surface area contributed by atoms with Gasteiger partial charge in [0.05, 0.1) is 6.10 Å². The average molecular weight is 289 g/mol. The molecule has 0 saturated carbocycles. The van der Waals surface area contributed by atoms with Crippen molar-refractivity contribution in [2.24, 2.45) is 5.73 Å². The lowest BCUT2D eigenvalue weighted by molar-refractivity contribution is 0.105. The first-order chi connectivity index (χ1) is 6.27. The molecule has 3 heteroatoms. The van der Waals surface area contributed by atoms with E-state index in [0.29, 0.717) is 0 Å². The summed E-state index contributed by atoms with van der Waals surface area (Å²) in [4.78, 5) is 0. The van der Waals surface area contributed by atoms with Crippen molar-refractivity contribution in [1.29, 1.82) is 0 Å². The van der Waals surface area contributed by atoms with Gasteiger partial charge < -0.3 is 10.5 Å². The molecule has 70 valence electrons. The molecule has 1 fully saturated rings. The Labute approximate surface area is 91.6 Å². The Bertz CT molecular complexity index is 285. The highest BCUT2D eigenvalue weighted by molar-refractivity contribution is 14.1. The third-order valence-corrected chi connectivity index (χ3v) is 3.06. The standard InChI is InChI=1S/C10H12INO/c11-8-3-1-7(2-4-8)10-9(12)5-6-13-10/h1-4,9-10H,5-6,12H2. The van der Waals surface area contributed by atoms with Crippen LogP contribution in [0.15, 0.2) is 24.3 Å². The molecule has 1 aliphatic rings. The van der Waals surface area contributed by atoms with Crippen LogP contribution in [0, 0.1) is 3.57 Å². The van der Waals surface area contributed by atoms with E-state index in [9.17, 15) is 0 Å². The van der Waals surface area contributed by atoms with Crippen molar-refractivity contribution in [3.63, 3.8) is 0 Å². The van der Waals surface area contributed by atoms with Gasteiger partial charge in [0.15, 0.2) is 0 Å². The average Bonchev–Trinajstić information content (AvgIpc) is 2.53. The lowest BCUT2D eigenvalue weighted by Gasteiger charge is -2.14. The SMILES string of the molecule is NC1CCOC1c1ccc(I)cc1. The maximum atomic E-state index is 5.92. The van der Waals surface area contributed by atoms with E-state index in [1.54, 1.807) is 0 Å². The minimum absolute atomic E-state index is 0.108. The Morgan fingerprint density at radius 3 is 2.54 bits per heavy atom. The fourth-order valence-electron chi connectivity index (χ4n) is 1.60. The van der Waals surface area contributed by atoms with Gasteiger partial charge in [0.2, 0.25) is 0 Å². The summed E-state index contributed by atoms with van der Waals surface area (Å²) < 4.78 is 6.81. The second-order valence-corrected chi connectivity index (χ2v) is 4.54. The van der Waals surface area contributed by atoms with E-state index in [1.807, 2.05) is 0 Å². The Morgan fingerprint density at radius 2 is 2.00 bits per heavy atom. The van der Waals surface area contributed by atoms with E-state index in [1.165, 1.54) is 9.13 Å². The summed E-state index contributed by atoms with van der Waals surface area (Å²) in [6, 6.07) is 8.53. The van der Waals surface area contributed by atoms with Crippen LogP contribution < -0.4 is 5.73 Å². The molecule has 2 nitrogen and oxygen atoms in total. The van der Waals surface area contributed by atoms with E-state index in [2.05, 4.69) is 46.9 Å². The highest BCUT2D eigenvalue weighted by Crippen LogP contribution is 2.27. The predicted octanol–water partition coefficient (Wildman–Crippen LogP) is 2.08. The predicted molar refractivity (Wildman–Crippen MR) is 60.4 cm³/mol. The van der Waals surface area contributed by atoms with E-state index >= 15 is 0 Å². The first-order valence-electron chi connectivity index (χ1n) is 4.40. The van der Waals surface area contributed by atoms with Crippen molar-refractivity contribution in [3.05, 3.63) is 33.4 Å². The van der Waals surface area contributed by atoms with E-state index in [0.717, 1.165) is 13.0 Å². The number of hydrogen-bond donors (Lipinski definition) is 1. The molecular weight excluding hydrogens is 277 g/mol. The highest BCUT2D eigenvalue weighted by atomic mass is 127. The molecule has 2 rings (SSSR count). The molecule has 0 radical (unpaired) electrons. The van der Waals surface area contributed by atoms with Crippen molar-refractivity contribution in [1.82, 2.24) is 0 Å². The number of rotatable bonds is 1. The van der Waals surface area contributed by atoms with Crippen LogP contribution in [-0.2, 0) is 4.74 Å². The molecule has 2 N–H and O–H groups in total. The number of ether oxygens (including phenoxy) is 1. The first kappa shape index (κ1) is 9.43. The smallest absolute Gasteiger partial charge is 0.0976 e. The molecule has 1 saturated heterocycles. The molecule has 0 amide bonds. The third kappa shape index (κ3) is 2.03. The van der Waals surface area contributed by atoms with Crippen molar-refractivity contribution >= 4 is 22.6 Å². The van der Waals surface area contributed by atoms with Crippen LogP contribution >= 0.6 is 22.6 Å². The van der Waals surface area contributed by atoms with Gasteiger partial charge in [0.1, 0.15) is 0 Å². The Kier molecular flexibility index (Phi) is 2.86. The topological polar surface area (TPSA) is 35.2 Å². The maximum Gasteiger partial charge on any atom is 0.0976 e.